The molecular weight excluding hydrogens is 480 g/mol. The number of benzene rings is 1. The van der Waals surface area contributed by atoms with E-state index >= 15 is 0 Å². The minimum atomic E-state index is -4.73. The second kappa shape index (κ2) is 11.0. The zero-order valence-corrected chi connectivity index (χ0v) is 18.0. The monoisotopic (exact) mass is 498 g/mol. The Balaban J connectivity index is 1.36. The summed E-state index contributed by atoms with van der Waals surface area (Å²) in [5.41, 5.74) is 0. The van der Waals surface area contributed by atoms with Gasteiger partial charge in [-0.15, -0.1) is 18.3 Å². The van der Waals surface area contributed by atoms with Crippen molar-refractivity contribution >= 4 is 29.1 Å². The molecule has 1 fully saturated rings. The maximum absolute atomic E-state index is 12.1. The number of ether oxygens (including phenoxy) is 3. The number of hydrogen-bond donors (Lipinski definition) is 2. The first kappa shape index (κ1) is 24.4. The molecule has 1 saturated heterocycles. The van der Waals surface area contributed by atoms with Gasteiger partial charge in [0.2, 0.25) is 5.89 Å². The van der Waals surface area contributed by atoms with Crippen molar-refractivity contribution in [3.05, 3.63) is 34.1 Å². The lowest BCUT2D eigenvalue weighted by Gasteiger charge is -2.28. The summed E-state index contributed by atoms with van der Waals surface area (Å²) in [6.45, 7) is -0.821. The van der Waals surface area contributed by atoms with Crippen LogP contribution in [-0.4, -0.2) is 54.9 Å². The van der Waals surface area contributed by atoms with Crippen LogP contribution in [0.25, 0.3) is 0 Å². The molecule has 1 amide bonds. The molecule has 0 aliphatic carbocycles. The van der Waals surface area contributed by atoms with Crippen molar-refractivity contribution < 1.29 is 36.6 Å². The predicted octanol–water partition coefficient (Wildman–Crippen LogP) is 3.28. The zero-order chi connectivity index (χ0) is 23.1. The number of aromatic nitrogens is 2. The van der Waals surface area contributed by atoms with Gasteiger partial charge in [-0.05, 0) is 25.0 Å². The van der Waals surface area contributed by atoms with Crippen LogP contribution in [0, 0.1) is 0 Å². The van der Waals surface area contributed by atoms with Crippen LogP contribution in [0.5, 0.6) is 11.8 Å². The lowest BCUT2D eigenvalue weighted by molar-refractivity contribution is -0.325. The number of halogens is 5. The Hall–Kier alpha value is -2.28. The molecule has 0 bridgehead atoms. The van der Waals surface area contributed by atoms with Gasteiger partial charge in [-0.1, -0.05) is 28.3 Å². The maximum atomic E-state index is 12.1. The van der Waals surface area contributed by atoms with Gasteiger partial charge in [0.25, 0.3) is 5.91 Å². The molecule has 0 radical (unpaired) electrons. The Morgan fingerprint density at radius 2 is 2.00 bits per heavy atom. The molecule has 1 aliphatic heterocycles. The Labute approximate surface area is 190 Å². The SMILES string of the molecule is O=C(COc1ccc(Cl)c(Cl)c1)N[C@H]1CC[C@H](c2nnc(OCCOC(F)(F)F)o2)NC1. The van der Waals surface area contributed by atoms with Gasteiger partial charge in [0.1, 0.15) is 12.4 Å². The molecular formula is C18H19Cl2F3N4O5. The summed E-state index contributed by atoms with van der Waals surface area (Å²) in [6.07, 6.45) is -3.76. The highest BCUT2D eigenvalue weighted by atomic mass is 35.5. The van der Waals surface area contributed by atoms with Gasteiger partial charge in [0, 0.05) is 18.7 Å². The van der Waals surface area contributed by atoms with E-state index in [1.54, 1.807) is 12.1 Å². The fourth-order valence-corrected chi connectivity index (χ4v) is 3.17. The van der Waals surface area contributed by atoms with Crippen LogP contribution in [0.1, 0.15) is 24.8 Å². The normalized spacial score (nSPS) is 18.9. The highest BCUT2D eigenvalue weighted by Gasteiger charge is 2.29. The van der Waals surface area contributed by atoms with E-state index in [2.05, 4.69) is 25.6 Å². The van der Waals surface area contributed by atoms with Gasteiger partial charge in [-0.25, -0.2) is 0 Å². The van der Waals surface area contributed by atoms with Crippen LogP contribution in [0.2, 0.25) is 10.0 Å². The fourth-order valence-electron chi connectivity index (χ4n) is 2.88. The zero-order valence-electron chi connectivity index (χ0n) is 16.5. The van der Waals surface area contributed by atoms with E-state index in [0.29, 0.717) is 35.2 Å². The van der Waals surface area contributed by atoms with Crippen molar-refractivity contribution in [3.8, 4) is 11.8 Å². The van der Waals surface area contributed by atoms with Crippen LogP contribution in [0.3, 0.4) is 0 Å². The van der Waals surface area contributed by atoms with Crippen LogP contribution < -0.4 is 20.1 Å². The van der Waals surface area contributed by atoms with E-state index in [4.69, 9.17) is 37.1 Å². The minimum absolute atomic E-state index is 0.130. The molecule has 1 aromatic heterocycles. The average molecular weight is 499 g/mol. The number of nitrogens with zero attached hydrogens (tertiary/aromatic N) is 2. The lowest BCUT2D eigenvalue weighted by Crippen LogP contribution is -2.48. The number of amides is 1. The van der Waals surface area contributed by atoms with Gasteiger partial charge in [0.15, 0.2) is 6.61 Å². The predicted molar refractivity (Wildman–Crippen MR) is 106 cm³/mol. The smallest absolute Gasteiger partial charge is 0.484 e. The van der Waals surface area contributed by atoms with E-state index in [-0.39, 0.29) is 36.6 Å². The van der Waals surface area contributed by atoms with Crippen LogP contribution in [0.4, 0.5) is 13.2 Å². The van der Waals surface area contributed by atoms with E-state index in [1.807, 2.05) is 0 Å². The van der Waals surface area contributed by atoms with Crippen molar-refractivity contribution in [1.29, 1.82) is 0 Å². The number of rotatable bonds is 9. The average Bonchev–Trinajstić information content (AvgIpc) is 3.21. The molecule has 2 aromatic rings. The molecule has 0 saturated carbocycles. The molecule has 14 heteroatoms. The van der Waals surface area contributed by atoms with Gasteiger partial charge in [0.05, 0.1) is 22.7 Å². The third-order valence-corrected chi connectivity index (χ3v) is 5.07. The Morgan fingerprint density at radius 3 is 2.69 bits per heavy atom. The quantitative estimate of drug-likeness (QED) is 0.507. The highest BCUT2D eigenvalue weighted by molar-refractivity contribution is 6.42. The molecule has 1 aliphatic rings. The molecule has 176 valence electrons. The summed E-state index contributed by atoms with van der Waals surface area (Å²) >= 11 is 11.7. The van der Waals surface area contributed by atoms with Gasteiger partial charge in [-0.3, -0.25) is 9.53 Å². The van der Waals surface area contributed by atoms with Gasteiger partial charge >= 0.3 is 12.4 Å². The largest absolute Gasteiger partial charge is 0.522 e. The highest BCUT2D eigenvalue weighted by Crippen LogP contribution is 2.26. The number of hydrogen-bond acceptors (Lipinski definition) is 8. The second-order valence-corrected chi connectivity index (χ2v) is 7.53. The van der Waals surface area contributed by atoms with Crippen LogP contribution in [-0.2, 0) is 9.53 Å². The Bertz CT molecular complexity index is 907. The minimum Gasteiger partial charge on any atom is -0.484 e. The van der Waals surface area contributed by atoms with Crippen molar-refractivity contribution in [3.63, 3.8) is 0 Å². The summed E-state index contributed by atoms with van der Waals surface area (Å²) in [6, 6.07) is 4.31. The molecule has 0 unspecified atom stereocenters. The van der Waals surface area contributed by atoms with E-state index in [0.717, 1.165) is 0 Å². The number of alkyl halides is 3. The molecule has 9 nitrogen and oxygen atoms in total. The third-order valence-electron chi connectivity index (χ3n) is 4.34. The van der Waals surface area contributed by atoms with Crippen molar-refractivity contribution in [2.45, 2.75) is 31.3 Å². The first-order valence-electron chi connectivity index (χ1n) is 9.47. The summed E-state index contributed by atoms with van der Waals surface area (Å²) in [4.78, 5) is 12.1. The molecule has 2 N–H and O–H groups in total. The first-order valence-corrected chi connectivity index (χ1v) is 10.2. The number of nitrogens with one attached hydrogen (secondary N) is 2. The lowest BCUT2D eigenvalue weighted by atomic mass is 10.0. The second-order valence-electron chi connectivity index (χ2n) is 6.72. The van der Waals surface area contributed by atoms with Gasteiger partial charge in [-0.2, -0.15) is 0 Å². The van der Waals surface area contributed by atoms with Crippen LogP contribution in [0.15, 0.2) is 22.6 Å². The molecule has 1 aromatic carbocycles. The molecule has 2 atom stereocenters. The van der Waals surface area contributed by atoms with Crippen molar-refractivity contribution in [2.75, 3.05) is 26.4 Å². The molecule has 0 spiro atoms. The fraction of sp³-hybridized carbons (Fsp3) is 0.500. The Morgan fingerprint density at radius 1 is 1.19 bits per heavy atom. The molecule has 3 rings (SSSR count). The standard InChI is InChI=1S/C18H19Cl2F3N4O5/c19-12-3-2-11(7-13(12)20)30-9-15(28)25-10-1-4-14(24-8-10)16-26-27-17(32-16)29-5-6-31-18(21,22)23/h2-3,7,10,14,24H,1,4-6,8-9H2,(H,25,28)/t10-,14+/m0/s1. The first-order chi connectivity index (χ1) is 15.2. The Kier molecular flexibility index (Phi) is 8.40. The topological polar surface area (TPSA) is 108 Å². The molecule has 2 heterocycles. The van der Waals surface area contributed by atoms with Crippen LogP contribution >= 0.6 is 23.2 Å². The summed E-state index contributed by atoms with van der Waals surface area (Å²) in [5, 5.41) is 14.2. The summed E-state index contributed by atoms with van der Waals surface area (Å²) in [5.74, 6) is 0.371. The number of carbonyl (C=O) groups excluding carboxylic acids is 1. The summed E-state index contributed by atoms with van der Waals surface area (Å²) < 4.78 is 55.0. The number of carbonyl (C=O) groups is 1. The van der Waals surface area contributed by atoms with Crippen molar-refractivity contribution in [2.24, 2.45) is 0 Å². The van der Waals surface area contributed by atoms with E-state index in [1.165, 1.54) is 6.07 Å². The van der Waals surface area contributed by atoms with E-state index in [9.17, 15) is 18.0 Å². The maximum Gasteiger partial charge on any atom is 0.522 e. The van der Waals surface area contributed by atoms with E-state index < -0.39 is 19.6 Å². The molecule has 32 heavy (non-hydrogen) atoms. The number of piperidine rings is 1. The summed E-state index contributed by atoms with van der Waals surface area (Å²) in [7, 11) is 0. The van der Waals surface area contributed by atoms with Gasteiger partial charge < -0.3 is 24.5 Å². The third kappa shape index (κ3) is 7.69. The van der Waals surface area contributed by atoms with Crippen molar-refractivity contribution in [1.82, 2.24) is 20.8 Å².